The van der Waals surface area contributed by atoms with Crippen molar-refractivity contribution >= 4 is 11.3 Å². The van der Waals surface area contributed by atoms with Gasteiger partial charge in [-0.15, -0.1) is 11.3 Å². The van der Waals surface area contributed by atoms with Crippen molar-refractivity contribution in [3.8, 4) is 0 Å². The number of aryl methyl sites for hydroxylation is 3. The molecular formula is C16H22N2S. The molecule has 2 nitrogen and oxygen atoms in total. The highest BCUT2D eigenvalue weighted by atomic mass is 32.1. The van der Waals surface area contributed by atoms with Gasteiger partial charge in [0.05, 0.1) is 16.7 Å². The van der Waals surface area contributed by atoms with Crippen LogP contribution < -0.4 is 5.32 Å². The first-order chi connectivity index (χ1) is 9.15. The Balaban J connectivity index is 2.29. The highest BCUT2D eigenvalue weighted by Gasteiger charge is 2.17. The molecule has 0 fully saturated rings. The van der Waals surface area contributed by atoms with Gasteiger partial charge in [0.15, 0.2) is 0 Å². The zero-order valence-corrected chi connectivity index (χ0v) is 13.0. The fraction of sp³-hybridized carbons (Fsp3) is 0.438. The van der Waals surface area contributed by atoms with Gasteiger partial charge in [0, 0.05) is 4.88 Å². The van der Waals surface area contributed by atoms with Crippen LogP contribution in [-0.4, -0.2) is 12.0 Å². The first kappa shape index (κ1) is 14.2. The molecule has 0 radical (unpaired) electrons. The van der Waals surface area contributed by atoms with Crippen molar-refractivity contribution in [2.45, 2.75) is 39.7 Å². The van der Waals surface area contributed by atoms with Crippen LogP contribution in [0, 0.1) is 13.8 Å². The Morgan fingerprint density at radius 3 is 2.37 bits per heavy atom. The lowest BCUT2D eigenvalue weighted by Gasteiger charge is -2.16. The SMILES string of the molecule is CCCc1ccc(C(NC)c2sc(C)nc2C)cc1. The van der Waals surface area contributed by atoms with E-state index in [0.717, 1.165) is 17.1 Å². The van der Waals surface area contributed by atoms with Crippen LogP contribution in [0.3, 0.4) is 0 Å². The lowest BCUT2D eigenvalue weighted by atomic mass is 10.0. The second kappa shape index (κ2) is 6.31. The molecule has 0 aliphatic carbocycles. The molecule has 1 atom stereocenters. The topological polar surface area (TPSA) is 24.9 Å². The number of thiazole rings is 1. The smallest absolute Gasteiger partial charge is 0.0900 e. The maximum atomic E-state index is 4.53. The lowest BCUT2D eigenvalue weighted by Crippen LogP contribution is -2.17. The molecule has 102 valence electrons. The molecule has 3 heteroatoms. The minimum atomic E-state index is 0.252. The lowest BCUT2D eigenvalue weighted by molar-refractivity contribution is 0.697. The standard InChI is InChI=1S/C16H22N2S/c1-5-6-13-7-9-14(10-8-13)15(17-4)16-11(2)18-12(3)19-16/h7-10,15,17H,5-6H2,1-4H3. The van der Waals surface area contributed by atoms with Crippen molar-refractivity contribution in [1.29, 1.82) is 0 Å². The Bertz CT molecular complexity index is 528. The summed E-state index contributed by atoms with van der Waals surface area (Å²) in [6.07, 6.45) is 2.35. The predicted octanol–water partition coefficient (Wildman–Crippen LogP) is 4.02. The van der Waals surface area contributed by atoms with E-state index in [1.165, 1.54) is 22.4 Å². The van der Waals surface area contributed by atoms with Crippen molar-refractivity contribution in [3.63, 3.8) is 0 Å². The Morgan fingerprint density at radius 1 is 1.21 bits per heavy atom. The first-order valence-electron chi connectivity index (χ1n) is 6.85. The second-order valence-corrected chi connectivity index (χ2v) is 6.13. The Labute approximate surface area is 119 Å². The number of nitrogens with one attached hydrogen (secondary N) is 1. The van der Waals surface area contributed by atoms with Crippen LogP contribution >= 0.6 is 11.3 Å². The predicted molar refractivity (Wildman–Crippen MR) is 82.9 cm³/mol. The molecule has 1 aromatic carbocycles. The average Bonchev–Trinajstić information content (AvgIpc) is 2.72. The summed E-state index contributed by atoms with van der Waals surface area (Å²) in [5.41, 5.74) is 3.87. The zero-order chi connectivity index (χ0) is 13.8. The maximum Gasteiger partial charge on any atom is 0.0900 e. The highest BCUT2D eigenvalue weighted by molar-refractivity contribution is 7.11. The van der Waals surface area contributed by atoms with E-state index in [4.69, 9.17) is 0 Å². The van der Waals surface area contributed by atoms with E-state index in [9.17, 15) is 0 Å². The second-order valence-electron chi connectivity index (χ2n) is 4.90. The Kier molecular flexibility index (Phi) is 4.72. The Hall–Kier alpha value is -1.19. The van der Waals surface area contributed by atoms with E-state index in [2.05, 4.69) is 55.3 Å². The third-order valence-corrected chi connectivity index (χ3v) is 4.48. The molecule has 1 aromatic heterocycles. The van der Waals surface area contributed by atoms with Crippen molar-refractivity contribution in [2.75, 3.05) is 7.05 Å². The molecule has 0 saturated heterocycles. The summed E-state index contributed by atoms with van der Waals surface area (Å²) in [5.74, 6) is 0. The van der Waals surface area contributed by atoms with Gasteiger partial charge in [-0.25, -0.2) is 4.98 Å². The number of hydrogen-bond acceptors (Lipinski definition) is 3. The average molecular weight is 274 g/mol. The molecule has 0 saturated carbocycles. The van der Waals surface area contributed by atoms with Gasteiger partial charge in [0.1, 0.15) is 0 Å². The molecule has 1 N–H and O–H groups in total. The van der Waals surface area contributed by atoms with Crippen LogP contribution in [0.25, 0.3) is 0 Å². The zero-order valence-electron chi connectivity index (χ0n) is 12.2. The summed E-state index contributed by atoms with van der Waals surface area (Å²) >= 11 is 1.78. The number of hydrogen-bond donors (Lipinski definition) is 1. The summed E-state index contributed by atoms with van der Waals surface area (Å²) in [5, 5.41) is 4.55. The van der Waals surface area contributed by atoms with Gasteiger partial charge < -0.3 is 5.32 Å². The van der Waals surface area contributed by atoms with E-state index in [1.807, 2.05) is 7.05 Å². The number of nitrogens with zero attached hydrogens (tertiary/aromatic N) is 1. The number of rotatable bonds is 5. The van der Waals surface area contributed by atoms with Gasteiger partial charge in [0.25, 0.3) is 0 Å². The molecule has 0 aliphatic heterocycles. The molecule has 2 aromatic rings. The van der Waals surface area contributed by atoms with E-state index >= 15 is 0 Å². The third kappa shape index (κ3) is 3.23. The molecule has 19 heavy (non-hydrogen) atoms. The summed E-state index contributed by atoms with van der Waals surface area (Å²) in [4.78, 5) is 5.85. The van der Waals surface area contributed by atoms with Crippen LogP contribution in [-0.2, 0) is 6.42 Å². The molecule has 1 unspecified atom stereocenters. The maximum absolute atomic E-state index is 4.53. The van der Waals surface area contributed by atoms with Crippen LogP contribution in [0.2, 0.25) is 0 Å². The molecule has 2 rings (SSSR count). The van der Waals surface area contributed by atoms with Gasteiger partial charge in [-0.3, -0.25) is 0 Å². The van der Waals surface area contributed by atoms with E-state index in [1.54, 1.807) is 11.3 Å². The van der Waals surface area contributed by atoms with E-state index in [-0.39, 0.29) is 6.04 Å². The normalized spacial score (nSPS) is 12.6. The Morgan fingerprint density at radius 2 is 1.89 bits per heavy atom. The van der Waals surface area contributed by atoms with E-state index in [0.29, 0.717) is 0 Å². The summed E-state index contributed by atoms with van der Waals surface area (Å²) in [6.45, 7) is 6.38. The van der Waals surface area contributed by atoms with Gasteiger partial charge in [-0.05, 0) is 38.4 Å². The monoisotopic (exact) mass is 274 g/mol. The van der Waals surface area contributed by atoms with Crippen molar-refractivity contribution in [1.82, 2.24) is 10.3 Å². The molecule has 0 aliphatic rings. The minimum Gasteiger partial charge on any atom is -0.309 e. The van der Waals surface area contributed by atoms with Gasteiger partial charge in [0.2, 0.25) is 0 Å². The largest absolute Gasteiger partial charge is 0.309 e. The molecule has 1 heterocycles. The van der Waals surface area contributed by atoms with Crippen molar-refractivity contribution < 1.29 is 0 Å². The summed E-state index contributed by atoms with van der Waals surface area (Å²) in [7, 11) is 2.01. The van der Waals surface area contributed by atoms with Gasteiger partial charge >= 0.3 is 0 Å². The van der Waals surface area contributed by atoms with Gasteiger partial charge in [-0.2, -0.15) is 0 Å². The molecule has 0 amide bonds. The van der Waals surface area contributed by atoms with Gasteiger partial charge in [-0.1, -0.05) is 37.6 Å². The van der Waals surface area contributed by atoms with Crippen LogP contribution in [0.4, 0.5) is 0 Å². The highest BCUT2D eigenvalue weighted by Crippen LogP contribution is 2.29. The van der Waals surface area contributed by atoms with Crippen LogP contribution in [0.15, 0.2) is 24.3 Å². The fourth-order valence-electron chi connectivity index (χ4n) is 2.43. The summed E-state index contributed by atoms with van der Waals surface area (Å²) in [6, 6.07) is 9.21. The quantitative estimate of drug-likeness (QED) is 0.890. The first-order valence-corrected chi connectivity index (χ1v) is 7.67. The molecular weight excluding hydrogens is 252 g/mol. The van der Waals surface area contributed by atoms with Crippen molar-refractivity contribution in [3.05, 3.63) is 51.0 Å². The summed E-state index contributed by atoms with van der Waals surface area (Å²) < 4.78 is 0. The van der Waals surface area contributed by atoms with E-state index < -0.39 is 0 Å². The molecule has 0 spiro atoms. The fourth-order valence-corrected chi connectivity index (χ4v) is 3.50. The van der Waals surface area contributed by atoms with Crippen molar-refractivity contribution in [2.24, 2.45) is 0 Å². The van der Waals surface area contributed by atoms with Crippen LogP contribution in [0.5, 0.6) is 0 Å². The minimum absolute atomic E-state index is 0.252. The van der Waals surface area contributed by atoms with Crippen LogP contribution in [0.1, 0.15) is 46.1 Å². The number of aromatic nitrogens is 1. The molecule has 0 bridgehead atoms. The third-order valence-electron chi connectivity index (χ3n) is 3.34. The number of benzene rings is 1.